The van der Waals surface area contributed by atoms with Gasteiger partial charge in [-0.3, -0.25) is 14.4 Å². The quantitative estimate of drug-likeness (QED) is 0.136. The molecule has 0 spiro atoms. The van der Waals surface area contributed by atoms with Crippen molar-refractivity contribution in [1.82, 2.24) is 40.4 Å². The van der Waals surface area contributed by atoms with Crippen molar-refractivity contribution in [3.8, 4) is 11.1 Å². The molecule has 2 aromatic heterocycles. The zero-order chi connectivity index (χ0) is 39.3. The van der Waals surface area contributed by atoms with Gasteiger partial charge in [-0.25, -0.2) is 23.5 Å². The molecule has 0 bridgehead atoms. The number of aromatic nitrogens is 4. The summed E-state index contributed by atoms with van der Waals surface area (Å²) in [7, 11) is 1.27. The molecule has 3 aromatic carbocycles. The molecule has 4 heterocycles. The molecular formula is C40H46F2N8O5. The number of ether oxygens (including phenoxy) is 1. The van der Waals surface area contributed by atoms with Crippen molar-refractivity contribution < 1.29 is 32.7 Å². The molecule has 2 fully saturated rings. The number of H-pyrrole nitrogens is 2. The Balaban J connectivity index is 1.15. The highest BCUT2D eigenvalue weighted by Crippen LogP contribution is 2.42. The van der Waals surface area contributed by atoms with E-state index in [4.69, 9.17) is 9.72 Å². The first-order valence-corrected chi connectivity index (χ1v) is 18.7. The smallest absolute Gasteiger partial charge is 0.407 e. The lowest BCUT2D eigenvalue weighted by molar-refractivity contribution is -0.139. The third-order valence-corrected chi connectivity index (χ3v) is 10.7. The molecule has 2 aliphatic heterocycles. The summed E-state index contributed by atoms with van der Waals surface area (Å²) in [6.45, 7) is 8.38. The van der Waals surface area contributed by atoms with E-state index in [1.165, 1.54) is 14.0 Å². The fourth-order valence-electron chi connectivity index (χ4n) is 7.92. The van der Waals surface area contributed by atoms with Gasteiger partial charge in [0.2, 0.25) is 17.7 Å². The third kappa shape index (κ3) is 7.31. The Kier molecular flexibility index (Phi) is 9.99. The molecule has 5 aromatic rings. The van der Waals surface area contributed by atoms with Crippen LogP contribution in [0.5, 0.6) is 0 Å². The van der Waals surface area contributed by atoms with Crippen molar-refractivity contribution in [1.29, 1.82) is 0 Å². The number of aromatic amines is 2. The Morgan fingerprint density at radius 1 is 0.836 bits per heavy atom. The number of carbonyl (C=O) groups excluding carboxylic acids is 4. The summed E-state index contributed by atoms with van der Waals surface area (Å²) in [4.78, 5) is 70.2. The fraction of sp³-hybridized carbons (Fsp3) is 0.450. The van der Waals surface area contributed by atoms with Crippen LogP contribution in [0.25, 0.3) is 44.0 Å². The summed E-state index contributed by atoms with van der Waals surface area (Å²) in [6, 6.07) is 12.8. The van der Waals surface area contributed by atoms with Crippen LogP contribution >= 0.6 is 0 Å². The van der Waals surface area contributed by atoms with Gasteiger partial charge in [-0.05, 0) is 65.5 Å². The SMILES string of the molecule is COC(=O)N[C@H](C(=O)N1CCC[C@H]1c1nc2c(ccc3cc(-c4ccc5nc([C@@H]6CC(F)(F)CN6C(=O)[C@@H](NC(C)=O)C(C)C)[nH]c5c4)ccc32)[nH]1)C(C)C. The summed E-state index contributed by atoms with van der Waals surface area (Å²) in [5.41, 5.74) is 4.65. The third-order valence-electron chi connectivity index (χ3n) is 10.7. The number of alkyl carbamates (subject to hydrolysis) is 1. The Morgan fingerprint density at radius 3 is 2.20 bits per heavy atom. The van der Waals surface area contributed by atoms with Gasteiger partial charge in [0.05, 0.1) is 47.8 Å². The highest BCUT2D eigenvalue weighted by Gasteiger charge is 2.50. The molecule has 0 radical (unpaired) electrons. The number of likely N-dealkylation sites (tertiary alicyclic amines) is 2. The fourth-order valence-corrected chi connectivity index (χ4v) is 7.92. The van der Waals surface area contributed by atoms with Gasteiger partial charge >= 0.3 is 6.09 Å². The molecule has 0 saturated carbocycles. The Labute approximate surface area is 316 Å². The Hall–Kier alpha value is -5.60. The summed E-state index contributed by atoms with van der Waals surface area (Å²) < 4.78 is 34.5. The van der Waals surface area contributed by atoms with Crippen LogP contribution in [0.15, 0.2) is 48.5 Å². The van der Waals surface area contributed by atoms with Crippen LogP contribution < -0.4 is 10.6 Å². The van der Waals surface area contributed by atoms with Crippen molar-refractivity contribution in [2.75, 3.05) is 20.2 Å². The molecule has 7 rings (SSSR count). The van der Waals surface area contributed by atoms with E-state index in [9.17, 15) is 28.0 Å². The van der Waals surface area contributed by atoms with Gasteiger partial charge < -0.3 is 35.1 Å². The molecule has 2 saturated heterocycles. The van der Waals surface area contributed by atoms with Crippen LogP contribution in [0, 0.1) is 11.8 Å². The Morgan fingerprint density at radius 2 is 1.49 bits per heavy atom. The first-order chi connectivity index (χ1) is 26.1. The van der Waals surface area contributed by atoms with Crippen molar-refractivity contribution in [3.63, 3.8) is 0 Å². The number of amides is 4. The highest BCUT2D eigenvalue weighted by atomic mass is 19.3. The number of imidazole rings is 2. The van der Waals surface area contributed by atoms with Crippen LogP contribution in [0.2, 0.25) is 0 Å². The van der Waals surface area contributed by atoms with Crippen molar-refractivity contribution in [2.24, 2.45) is 11.8 Å². The van der Waals surface area contributed by atoms with Crippen LogP contribution in [0.3, 0.4) is 0 Å². The predicted octanol–water partition coefficient (Wildman–Crippen LogP) is 6.37. The van der Waals surface area contributed by atoms with E-state index in [0.717, 1.165) is 50.7 Å². The molecule has 4 amide bonds. The first-order valence-electron chi connectivity index (χ1n) is 18.7. The lowest BCUT2D eigenvalue weighted by atomic mass is 10.0. The van der Waals surface area contributed by atoms with Gasteiger partial charge in [-0.1, -0.05) is 52.0 Å². The van der Waals surface area contributed by atoms with E-state index >= 15 is 0 Å². The number of halogens is 2. The maximum absolute atomic E-state index is 14.9. The summed E-state index contributed by atoms with van der Waals surface area (Å²) in [6.07, 6.45) is 0.318. The molecule has 0 aliphatic carbocycles. The largest absolute Gasteiger partial charge is 0.453 e. The predicted molar refractivity (Wildman–Crippen MR) is 203 cm³/mol. The van der Waals surface area contributed by atoms with E-state index in [2.05, 4.69) is 31.7 Å². The number of carbonyl (C=O) groups is 4. The average molecular weight is 757 g/mol. The zero-order valence-electron chi connectivity index (χ0n) is 31.7. The molecule has 55 heavy (non-hydrogen) atoms. The van der Waals surface area contributed by atoms with Crippen molar-refractivity contribution in [2.45, 2.75) is 84.0 Å². The first kappa shape index (κ1) is 37.7. The number of fused-ring (bicyclic) bond motifs is 4. The van der Waals surface area contributed by atoms with E-state index < -0.39 is 54.9 Å². The van der Waals surface area contributed by atoms with Crippen molar-refractivity contribution in [3.05, 3.63) is 60.2 Å². The van der Waals surface area contributed by atoms with Gasteiger partial charge in [-0.15, -0.1) is 0 Å². The number of nitrogens with zero attached hydrogens (tertiary/aromatic N) is 4. The molecule has 4 atom stereocenters. The molecule has 2 aliphatic rings. The van der Waals surface area contributed by atoms with Gasteiger partial charge in [0.1, 0.15) is 23.7 Å². The number of hydrogen-bond acceptors (Lipinski definition) is 7. The second-order valence-electron chi connectivity index (χ2n) is 15.4. The molecule has 4 N–H and O–H groups in total. The zero-order valence-corrected chi connectivity index (χ0v) is 31.7. The Bertz CT molecular complexity index is 2300. The molecule has 13 nitrogen and oxygen atoms in total. The number of methoxy groups -OCH3 is 1. The van der Waals surface area contributed by atoms with Crippen LogP contribution in [0.1, 0.15) is 77.6 Å². The molecule has 290 valence electrons. The second kappa shape index (κ2) is 14.6. The second-order valence-corrected chi connectivity index (χ2v) is 15.4. The van der Waals surface area contributed by atoms with E-state index in [-0.39, 0.29) is 29.6 Å². The van der Waals surface area contributed by atoms with Crippen LogP contribution in [-0.2, 0) is 19.1 Å². The lowest BCUT2D eigenvalue weighted by Gasteiger charge is -2.29. The lowest BCUT2D eigenvalue weighted by Crippen LogP contribution is -2.51. The van der Waals surface area contributed by atoms with Gasteiger partial charge in [-0.2, -0.15) is 0 Å². The molecule has 15 heteroatoms. The average Bonchev–Trinajstić information content (AvgIpc) is 3.95. The van der Waals surface area contributed by atoms with Crippen LogP contribution in [-0.4, -0.2) is 91.8 Å². The monoisotopic (exact) mass is 756 g/mol. The normalized spacial score (nSPS) is 19.5. The molecule has 0 unspecified atom stereocenters. The topological polar surface area (TPSA) is 165 Å². The van der Waals surface area contributed by atoms with E-state index in [0.29, 0.717) is 23.4 Å². The standard InChI is InChI=1S/C40H46F2N8O5/c1-20(2)32(43-22(5)51)38(53)50-19-40(41,42)18-31(50)36-44-27-13-10-24(17-29(27)46-36)23-9-12-26-25(16-23)11-14-28-34(26)47-35(45-28)30-8-7-15-49(30)37(52)33(21(3)4)48-39(54)55-6/h9-14,16-17,20-21,30-33H,7-8,15,18-19H2,1-6H3,(H,43,51)(H,44,46)(H,45,47)(H,48,54)/t30-,31-,32-,33-/m0/s1. The van der Waals surface area contributed by atoms with Crippen LogP contribution in [0.4, 0.5) is 13.6 Å². The number of nitrogens with one attached hydrogen (secondary N) is 4. The highest BCUT2D eigenvalue weighted by molar-refractivity contribution is 6.05. The summed E-state index contributed by atoms with van der Waals surface area (Å²) in [5.74, 6) is -3.74. The van der Waals surface area contributed by atoms with Gasteiger partial charge in [0.15, 0.2) is 0 Å². The number of hydrogen-bond donors (Lipinski definition) is 4. The summed E-state index contributed by atoms with van der Waals surface area (Å²) >= 11 is 0. The number of rotatable bonds is 9. The minimum atomic E-state index is -3.11. The maximum Gasteiger partial charge on any atom is 0.407 e. The van der Waals surface area contributed by atoms with Crippen molar-refractivity contribution >= 4 is 56.7 Å². The van der Waals surface area contributed by atoms with Gasteiger partial charge in [0.25, 0.3) is 5.92 Å². The minimum Gasteiger partial charge on any atom is -0.453 e. The van der Waals surface area contributed by atoms with E-state index in [1.54, 1.807) is 18.7 Å². The number of benzene rings is 3. The molecular weight excluding hydrogens is 710 g/mol. The minimum absolute atomic E-state index is 0.140. The van der Waals surface area contributed by atoms with E-state index in [1.807, 2.05) is 56.3 Å². The maximum atomic E-state index is 14.9. The summed E-state index contributed by atoms with van der Waals surface area (Å²) in [5, 5.41) is 7.20. The number of alkyl halides is 2. The van der Waals surface area contributed by atoms with Gasteiger partial charge in [0, 0.05) is 25.3 Å².